The Morgan fingerprint density at radius 2 is 1.90 bits per heavy atom. The van der Waals surface area contributed by atoms with Crippen LogP contribution in [-0.2, 0) is 16.2 Å². The quantitative estimate of drug-likeness (QED) is 0.787. The van der Waals surface area contributed by atoms with E-state index in [0.29, 0.717) is 18.7 Å². The van der Waals surface area contributed by atoms with Crippen LogP contribution in [0.25, 0.3) is 0 Å². The predicted molar refractivity (Wildman–Crippen MR) is 69.7 cm³/mol. The van der Waals surface area contributed by atoms with Gasteiger partial charge in [0, 0.05) is 12.6 Å². The van der Waals surface area contributed by atoms with Crippen molar-refractivity contribution in [3.63, 3.8) is 0 Å². The Kier molecular flexibility index (Phi) is 5.71. The van der Waals surface area contributed by atoms with Gasteiger partial charge < -0.3 is 5.32 Å². The molecule has 0 heterocycles. The zero-order valence-electron chi connectivity index (χ0n) is 11.5. The fraction of sp³-hybridized carbons (Fsp3) is 0.500. The van der Waals surface area contributed by atoms with Crippen molar-refractivity contribution in [3.8, 4) is 0 Å². The third-order valence-electron chi connectivity index (χ3n) is 2.68. The molecular formula is C12H16F4N2O2S. The number of rotatable bonds is 6. The van der Waals surface area contributed by atoms with Gasteiger partial charge in [0.1, 0.15) is 10.7 Å². The van der Waals surface area contributed by atoms with Crippen LogP contribution in [-0.4, -0.2) is 27.5 Å². The average molecular weight is 328 g/mol. The van der Waals surface area contributed by atoms with Crippen LogP contribution in [0.2, 0.25) is 0 Å². The van der Waals surface area contributed by atoms with Gasteiger partial charge in [0.2, 0.25) is 10.0 Å². The molecule has 0 aromatic heterocycles. The lowest BCUT2D eigenvalue weighted by Gasteiger charge is -2.15. The highest BCUT2D eigenvalue weighted by molar-refractivity contribution is 7.89. The predicted octanol–water partition coefficient (Wildman–Crippen LogP) is 2.12. The molecule has 0 aliphatic rings. The summed E-state index contributed by atoms with van der Waals surface area (Å²) in [5, 5.41) is 2.92. The molecule has 0 bridgehead atoms. The Hall–Kier alpha value is -1.19. The summed E-state index contributed by atoms with van der Waals surface area (Å²) in [7, 11) is -4.35. The van der Waals surface area contributed by atoms with Gasteiger partial charge in [-0.05, 0) is 31.7 Å². The van der Waals surface area contributed by atoms with Gasteiger partial charge >= 0.3 is 6.18 Å². The lowest BCUT2D eigenvalue weighted by molar-refractivity contribution is -0.137. The second-order valence-corrected chi connectivity index (χ2v) is 6.19. The number of benzene rings is 1. The van der Waals surface area contributed by atoms with E-state index in [2.05, 4.69) is 10.0 Å². The van der Waals surface area contributed by atoms with E-state index in [1.807, 2.05) is 6.92 Å². The van der Waals surface area contributed by atoms with Crippen LogP contribution in [0.5, 0.6) is 0 Å². The van der Waals surface area contributed by atoms with Gasteiger partial charge in [-0.3, -0.25) is 0 Å². The van der Waals surface area contributed by atoms with E-state index >= 15 is 0 Å². The minimum atomic E-state index is -4.74. The maximum absolute atomic E-state index is 13.5. The standard InChI is InChI=1S/C12H16F4N2O2S/c1-3-17-8(2)7-18-21(19,20)11-6-9(12(14,15)16)4-5-10(11)13/h4-6,8,17-18H,3,7H2,1-2H3/t8-/m1/s1. The summed E-state index contributed by atoms with van der Waals surface area (Å²) in [4.78, 5) is -1.01. The first-order chi connectivity index (χ1) is 9.58. The third kappa shape index (κ3) is 4.94. The topological polar surface area (TPSA) is 58.2 Å². The molecule has 0 aliphatic heterocycles. The smallest absolute Gasteiger partial charge is 0.313 e. The molecule has 9 heteroatoms. The first kappa shape index (κ1) is 17.9. The molecule has 1 rings (SSSR count). The number of sulfonamides is 1. The van der Waals surface area contributed by atoms with Crippen LogP contribution in [0.15, 0.2) is 23.1 Å². The lowest BCUT2D eigenvalue weighted by atomic mass is 10.2. The van der Waals surface area contributed by atoms with E-state index in [9.17, 15) is 26.0 Å². The first-order valence-electron chi connectivity index (χ1n) is 6.17. The lowest BCUT2D eigenvalue weighted by Crippen LogP contribution is -2.39. The minimum absolute atomic E-state index is 0.0636. The molecule has 0 spiro atoms. The Bertz CT molecular complexity index is 587. The maximum atomic E-state index is 13.5. The van der Waals surface area contributed by atoms with Crippen molar-refractivity contribution in [1.29, 1.82) is 0 Å². The Morgan fingerprint density at radius 1 is 1.29 bits per heavy atom. The van der Waals surface area contributed by atoms with Gasteiger partial charge in [0.05, 0.1) is 5.56 Å². The highest BCUT2D eigenvalue weighted by Gasteiger charge is 2.33. The normalized spacial score (nSPS) is 14.2. The summed E-state index contributed by atoms with van der Waals surface area (Å²) in [6, 6.07) is 1.04. The van der Waals surface area contributed by atoms with Crippen molar-refractivity contribution in [2.45, 2.75) is 31.0 Å². The number of hydrogen-bond acceptors (Lipinski definition) is 3. The van der Waals surface area contributed by atoms with Crippen molar-refractivity contribution in [1.82, 2.24) is 10.0 Å². The summed E-state index contributed by atoms with van der Waals surface area (Å²) < 4.78 is 77.1. The maximum Gasteiger partial charge on any atom is 0.416 e. The van der Waals surface area contributed by atoms with E-state index in [-0.39, 0.29) is 18.7 Å². The number of halogens is 4. The second-order valence-electron chi connectivity index (χ2n) is 4.45. The monoisotopic (exact) mass is 328 g/mol. The summed E-state index contributed by atoms with van der Waals surface area (Å²) in [6.45, 7) is 4.04. The molecule has 1 atom stereocenters. The zero-order valence-corrected chi connectivity index (χ0v) is 12.3. The summed E-state index contributed by atoms with van der Waals surface area (Å²) in [6.07, 6.45) is -4.74. The summed E-state index contributed by atoms with van der Waals surface area (Å²) >= 11 is 0. The number of nitrogens with one attached hydrogen (secondary N) is 2. The molecular weight excluding hydrogens is 312 g/mol. The largest absolute Gasteiger partial charge is 0.416 e. The third-order valence-corrected chi connectivity index (χ3v) is 4.12. The van der Waals surface area contributed by atoms with E-state index < -0.39 is 32.5 Å². The Morgan fingerprint density at radius 3 is 2.43 bits per heavy atom. The van der Waals surface area contributed by atoms with Gasteiger partial charge in [0.25, 0.3) is 0 Å². The molecule has 0 unspecified atom stereocenters. The van der Waals surface area contributed by atoms with E-state index in [1.165, 1.54) is 0 Å². The minimum Gasteiger partial charge on any atom is -0.313 e. The van der Waals surface area contributed by atoms with E-state index in [1.54, 1.807) is 6.92 Å². The van der Waals surface area contributed by atoms with Crippen molar-refractivity contribution >= 4 is 10.0 Å². The molecule has 4 nitrogen and oxygen atoms in total. The van der Waals surface area contributed by atoms with Crippen LogP contribution in [0.4, 0.5) is 17.6 Å². The van der Waals surface area contributed by atoms with Crippen molar-refractivity contribution < 1.29 is 26.0 Å². The zero-order chi connectivity index (χ0) is 16.3. The van der Waals surface area contributed by atoms with Gasteiger partial charge in [0.15, 0.2) is 0 Å². The highest BCUT2D eigenvalue weighted by atomic mass is 32.2. The molecule has 0 radical (unpaired) electrons. The van der Waals surface area contributed by atoms with Crippen LogP contribution in [0, 0.1) is 5.82 Å². The molecule has 1 aromatic rings. The van der Waals surface area contributed by atoms with Crippen molar-refractivity contribution in [2.24, 2.45) is 0 Å². The molecule has 0 saturated heterocycles. The summed E-state index contributed by atoms with van der Waals surface area (Å²) in [5.74, 6) is -1.23. The molecule has 2 N–H and O–H groups in total. The molecule has 1 aromatic carbocycles. The molecule has 21 heavy (non-hydrogen) atoms. The number of likely N-dealkylation sites (N-methyl/N-ethyl adjacent to an activating group) is 1. The SMILES string of the molecule is CCN[C@H](C)CNS(=O)(=O)c1cc(C(F)(F)F)ccc1F. The fourth-order valence-corrected chi connectivity index (χ4v) is 2.85. The molecule has 120 valence electrons. The Balaban J connectivity index is 3.02. The van der Waals surface area contributed by atoms with E-state index in [4.69, 9.17) is 0 Å². The molecule has 0 fully saturated rings. The second kappa shape index (κ2) is 6.71. The molecule has 0 saturated carbocycles. The molecule has 0 aliphatic carbocycles. The van der Waals surface area contributed by atoms with Crippen molar-refractivity contribution in [3.05, 3.63) is 29.6 Å². The van der Waals surface area contributed by atoms with Gasteiger partial charge in [-0.15, -0.1) is 0 Å². The van der Waals surface area contributed by atoms with Crippen LogP contribution in [0.3, 0.4) is 0 Å². The summed E-state index contributed by atoms with van der Waals surface area (Å²) in [5.41, 5.74) is -1.22. The van der Waals surface area contributed by atoms with Crippen LogP contribution < -0.4 is 10.0 Å². The van der Waals surface area contributed by atoms with Crippen molar-refractivity contribution in [2.75, 3.05) is 13.1 Å². The highest BCUT2D eigenvalue weighted by Crippen LogP contribution is 2.31. The van der Waals surface area contributed by atoms with Gasteiger partial charge in [-0.25, -0.2) is 17.5 Å². The van der Waals surface area contributed by atoms with Crippen LogP contribution >= 0.6 is 0 Å². The fourth-order valence-electron chi connectivity index (χ4n) is 1.62. The van der Waals surface area contributed by atoms with Crippen LogP contribution in [0.1, 0.15) is 19.4 Å². The van der Waals surface area contributed by atoms with Gasteiger partial charge in [-0.1, -0.05) is 6.92 Å². The molecule has 0 amide bonds. The average Bonchev–Trinajstić information content (AvgIpc) is 2.36. The van der Waals surface area contributed by atoms with Gasteiger partial charge in [-0.2, -0.15) is 13.2 Å². The van der Waals surface area contributed by atoms with E-state index in [0.717, 1.165) is 0 Å². The Labute approximate surface area is 120 Å². The number of hydrogen-bond donors (Lipinski definition) is 2. The first-order valence-corrected chi connectivity index (χ1v) is 7.66. The number of alkyl halides is 3.